The van der Waals surface area contributed by atoms with Crippen LogP contribution in [0.3, 0.4) is 0 Å². The Morgan fingerprint density at radius 1 is 1.07 bits per heavy atom. The zero-order valence-corrected chi connectivity index (χ0v) is 10.5. The van der Waals surface area contributed by atoms with E-state index < -0.39 is 0 Å². The molecule has 0 aliphatic carbocycles. The SMILES string of the molecule is CC(C)C(=O)CN1CCN(C(C)C)CC1. The van der Waals surface area contributed by atoms with E-state index in [4.69, 9.17) is 0 Å². The van der Waals surface area contributed by atoms with Gasteiger partial charge in [0.2, 0.25) is 0 Å². The van der Waals surface area contributed by atoms with Gasteiger partial charge < -0.3 is 0 Å². The van der Waals surface area contributed by atoms with Crippen molar-refractivity contribution in [2.75, 3.05) is 32.7 Å². The number of Topliss-reactive ketones (excluding diaryl/α,β-unsaturated/α-hetero) is 1. The average Bonchev–Trinajstić information content (AvgIpc) is 2.18. The number of carbonyl (C=O) groups is 1. The minimum atomic E-state index is 0.174. The lowest BCUT2D eigenvalue weighted by atomic mass is 10.1. The van der Waals surface area contributed by atoms with Crippen molar-refractivity contribution in [1.29, 1.82) is 0 Å². The van der Waals surface area contributed by atoms with Crippen LogP contribution in [0.1, 0.15) is 27.7 Å². The van der Waals surface area contributed by atoms with Gasteiger partial charge >= 0.3 is 0 Å². The second-order valence-corrected chi connectivity index (χ2v) is 5.03. The Bertz CT molecular complexity index is 206. The highest BCUT2D eigenvalue weighted by Crippen LogP contribution is 2.06. The maximum absolute atomic E-state index is 11.6. The number of hydrogen-bond donors (Lipinski definition) is 0. The van der Waals surface area contributed by atoms with Crippen LogP contribution < -0.4 is 0 Å². The second-order valence-electron chi connectivity index (χ2n) is 5.03. The quantitative estimate of drug-likeness (QED) is 0.700. The number of carbonyl (C=O) groups excluding carboxylic acids is 1. The number of ketones is 1. The van der Waals surface area contributed by atoms with Crippen molar-refractivity contribution >= 4 is 5.78 Å². The van der Waals surface area contributed by atoms with Gasteiger partial charge in [-0.3, -0.25) is 14.6 Å². The first-order chi connectivity index (χ1) is 7.00. The average molecular weight is 212 g/mol. The van der Waals surface area contributed by atoms with E-state index in [-0.39, 0.29) is 5.92 Å². The van der Waals surface area contributed by atoms with E-state index in [0.717, 1.165) is 26.2 Å². The highest BCUT2D eigenvalue weighted by molar-refractivity contribution is 5.82. The molecule has 3 nitrogen and oxygen atoms in total. The Morgan fingerprint density at radius 2 is 1.60 bits per heavy atom. The molecule has 1 aliphatic rings. The lowest BCUT2D eigenvalue weighted by molar-refractivity contribution is -0.123. The fourth-order valence-electron chi connectivity index (χ4n) is 1.84. The zero-order valence-electron chi connectivity index (χ0n) is 10.5. The van der Waals surface area contributed by atoms with Crippen molar-refractivity contribution in [2.24, 2.45) is 5.92 Å². The highest BCUT2D eigenvalue weighted by Gasteiger charge is 2.20. The van der Waals surface area contributed by atoms with Gasteiger partial charge in [-0.05, 0) is 13.8 Å². The molecule has 15 heavy (non-hydrogen) atoms. The molecule has 0 N–H and O–H groups in total. The maximum Gasteiger partial charge on any atom is 0.149 e. The van der Waals surface area contributed by atoms with Crippen LogP contribution in [-0.2, 0) is 4.79 Å². The topological polar surface area (TPSA) is 23.6 Å². The van der Waals surface area contributed by atoms with E-state index in [1.807, 2.05) is 13.8 Å². The second kappa shape index (κ2) is 5.61. The molecule has 0 atom stereocenters. The molecule has 0 aromatic rings. The van der Waals surface area contributed by atoms with Gasteiger partial charge in [0.1, 0.15) is 5.78 Å². The third-order valence-electron chi connectivity index (χ3n) is 3.16. The molecular weight excluding hydrogens is 188 g/mol. The van der Waals surface area contributed by atoms with Crippen LogP contribution in [0, 0.1) is 5.92 Å². The molecule has 0 bridgehead atoms. The third kappa shape index (κ3) is 3.92. The summed E-state index contributed by atoms with van der Waals surface area (Å²) < 4.78 is 0. The summed E-state index contributed by atoms with van der Waals surface area (Å²) in [5.41, 5.74) is 0. The first-order valence-corrected chi connectivity index (χ1v) is 6.00. The van der Waals surface area contributed by atoms with Crippen LogP contribution in [0.15, 0.2) is 0 Å². The Morgan fingerprint density at radius 3 is 2.00 bits per heavy atom. The van der Waals surface area contributed by atoms with Crippen molar-refractivity contribution in [3.8, 4) is 0 Å². The number of piperazine rings is 1. The van der Waals surface area contributed by atoms with Crippen molar-refractivity contribution in [3.63, 3.8) is 0 Å². The molecule has 0 aromatic heterocycles. The monoisotopic (exact) mass is 212 g/mol. The Kier molecular flexibility index (Phi) is 4.74. The molecule has 1 rings (SSSR count). The molecular formula is C12H24N2O. The van der Waals surface area contributed by atoms with E-state index >= 15 is 0 Å². The summed E-state index contributed by atoms with van der Waals surface area (Å²) in [6.07, 6.45) is 0. The summed E-state index contributed by atoms with van der Waals surface area (Å²) in [6.45, 7) is 13.3. The Labute approximate surface area is 93.4 Å². The van der Waals surface area contributed by atoms with E-state index in [1.165, 1.54) is 0 Å². The Hall–Kier alpha value is -0.410. The maximum atomic E-state index is 11.6. The molecule has 0 unspecified atom stereocenters. The number of hydrogen-bond acceptors (Lipinski definition) is 3. The third-order valence-corrected chi connectivity index (χ3v) is 3.16. The van der Waals surface area contributed by atoms with Crippen LogP contribution in [0.2, 0.25) is 0 Å². The molecule has 0 radical (unpaired) electrons. The summed E-state index contributed by atoms with van der Waals surface area (Å²) in [7, 11) is 0. The van der Waals surface area contributed by atoms with Crippen LogP contribution in [0.25, 0.3) is 0 Å². The van der Waals surface area contributed by atoms with Crippen LogP contribution in [-0.4, -0.2) is 54.3 Å². The summed E-state index contributed by atoms with van der Waals surface area (Å²) in [4.78, 5) is 16.3. The molecule has 0 amide bonds. The van der Waals surface area contributed by atoms with E-state index in [1.54, 1.807) is 0 Å². The van der Waals surface area contributed by atoms with Gasteiger partial charge in [0, 0.05) is 38.1 Å². The smallest absolute Gasteiger partial charge is 0.149 e. The first-order valence-electron chi connectivity index (χ1n) is 6.00. The molecule has 0 spiro atoms. The fourth-order valence-corrected chi connectivity index (χ4v) is 1.84. The minimum absolute atomic E-state index is 0.174. The fraction of sp³-hybridized carbons (Fsp3) is 0.917. The first kappa shape index (κ1) is 12.7. The largest absolute Gasteiger partial charge is 0.298 e. The molecule has 1 saturated heterocycles. The van der Waals surface area contributed by atoms with Crippen LogP contribution >= 0.6 is 0 Å². The molecule has 1 aliphatic heterocycles. The van der Waals surface area contributed by atoms with Crippen molar-refractivity contribution in [1.82, 2.24) is 9.80 Å². The van der Waals surface area contributed by atoms with E-state index in [0.29, 0.717) is 18.4 Å². The number of nitrogens with zero attached hydrogens (tertiary/aromatic N) is 2. The van der Waals surface area contributed by atoms with Gasteiger partial charge in [0.05, 0.1) is 6.54 Å². The molecule has 0 saturated carbocycles. The summed E-state index contributed by atoms with van der Waals surface area (Å²) in [6, 6.07) is 0.632. The summed E-state index contributed by atoms with van der Waals surface area (Å²) in [5, 5.41) is 0. The molecule has 0 aromatic carbocycles. The van der Waals surface area contributed by atoms with Gasteiger partial charge in [-0.15, -0.1) is 0 Å². The molecule has 1 heterocycles. The van der Waals surface area contributed by atoms with Gasteiger partial charge in [-0.2, -0.15) is 0 Å². The van der Waals surface area contributed by atoms with Gasteiger partial charge in [-0.1, -0.05) is 13.8 Å². The number of rotatable bonds is 4. The normalized spacial score (nSPS) is 20.1. The van der Waals surface area contributed by atoms with Crippen molar-refractivity contribution in [2.45, 2.75) is 33.7 Å². The predicted molar refractivity (Wildman–Crippen MR) is 63.0 cm³/mol. The van der Waals surface area contributed by atoms with Crippen LogP contribution in [0.5, 0.6) is 0 Å². The molecule has 1 fully saturated rings. The van der Waals surface area contributed by atoms with Crippen molar-refractivity contribution < 1.29 is 4.79 Å². The lowest BCUT2D eigenvalue weighted by Gasteiger charge is -2.36. The lowest BCUT2D eigenvalue weighted by Crippen LogP contribution is -2.50. The molecule has 3 heteroatoms. The molecule has 88 valence electrons. The van der Waals surface area contributed by atoms with Gasteiger partial charge in [-0.25, -0.2) is 0 Å². The van der Waals surface area contributed by atoms with Gasteiger partial charge in [0.15, 0.2) is 0 Å². The summed E-state index contributed by atoms with van der Waals surface area (Å²) >= 11 is 0. The zero-order chi connectivity index (χ0) is 11.4. The van der Waals surface area contributed by atoms with E-state index in [2.05, 4.69) is 23.6 Å². The van der Waals surface area contributed by atoms with E-state index in [9.17, 15) is 4.79 Å². The van der Waals surface area contributed by atoms with Crippen molar-refractivity contribution in [3.05, 3.63) is 0 Å². The highest BCUT2D eigenvalue weighted by atomic mass is 16.1. The summed E-state index contributed by atoms with van der Waals surface area (Å²) in [5.74, 6) is 0.543. The predicted octanol–water partition coefficient (Wildman–Crippen LogP) is 1.24. The minimum Gasteiger partial charge on any atom is -0.298 e. The Balaban J connectivity index is 2.29. The standard InChI is InChI=1S/C12H24N2O/c1-10(2)12(15)9-13-5-7-14(8-6-13)11(3)4/h10-11H,5-9H2,1-4H3. The van der Waals surface area contributed by atoms with Gasteiger partial charge in [0.25, 0.3) is 0 Å². The van der Waals surface area contributed by atoms with Crippen LogP contribution in [0.4, 0.5) is 0 Å².